The van der Waals surface area contributed by atoms with Gasteiger partial charge in [0.05, 0.1) is 38.6 Å². The van der Waals surface area contributed by atoms with E-state index in [4.69, 9.17) is 18.9 Å². The Morgan fingerprint density at radius 1 is 0.906 bits per heavy atom. The lowest BCUT2D eigenvalue weighted by atomic mass is 10.1. The zero-order valence-corrected chi connectivity index (χ0v) is 19.0. The Labute approximate surface area is 187 Å². The minimum Gasteiger partial charge on any atom is -0.494 e. The number of nitrogens with one attached hydrogen (secondary N) is 1. The normalized spacial score (nSPS) is 10.6. The Kier molecular flexibility index (Phi) is 9.22. The smallest absolute Gasteiger partial charge is 0.337 e. The van der Waals surface area contributed by atoms with Gasteiger partial charge in [-0.3, -0.25) is 4.79 Å². The van der Waals surface area contributed by atoms with Crippen molar-refractivity contribution in [2.75, 3.05) is 32.8 Å². The predicted octanol–water partition coefficient (Wildman–Crippen LogP) is 4.08. The Bertz CT molecular complexity index is 935. The van der Waals surface area contributed by atoms with Crippen LogP contribution in [0.4, 0.5) is 5.69 Å². The molecule has 0 aliphatic rings. The molecule has 172 valence electrons. The van der Waals surface area contributed by atoms with Crippen LogP contribution in [0.2, 0.25) is 0 Å². The fourth-order valence-corrected chi connectivity index (χ4v) is 2.91. The number of rotatable bonds is 10. The maximum atomic E-state index is 12.9. The zero-order valence-electron chi connectivity index (χ0n) is 19.0. The number of benzene rings is 2. The Morgan fingerprint density at radius 3 is 2.06 bits per heavy atom. The molecule has 0 aliphatic carbocycles. The van der Waals surface area contributed by atoms with Gasteiger partial charge in [-0.15, -0.1) is 0 Å². The van der Waals surface area contributed by atoms with Crippen molar-refractivity contribution in [1.29, 1.82) is 0 Å². The fraction of sp³-hybridized carbons (Fsp3) is 0.375. The van der Waals surface area contributed by atoms with Gasteiger partial charge in [-0.05, 0) is 49.2 Å². The van der Waals surface area contributed by atoms with Gasteiger partial charge in [-0.2, -0.15) is 0 Å². The average molecular weight is 443 g/mol. The molecular formula is C24H29NO7. The second kappa shape index (κ2) is 11.9. The van der Waals surface area contributed by atoms with Crippen molar-refractivity contribution in [2.45, 2.75) is 27.4 Å². The Hall–Kier alpha value is -3.39. The molecule has 32 heavy (non-hydrogen) atoms. The van der Waals surface area contributed by atoms with Gasteiger partial charge in [0.1, 0.15) is 5.75 Å². The van der Waals surface area contributed by atoms with E-state index < -0.39 is 17.8 Å². The number of hydrogen-bond acceptors (Lipinski definition) is 7. The lowest BCUT2D eigenvalue weighted by Crippen LogP contribution is -2.15. The quantitative estimate of drug-likeness (QED) is 0.552. The number of hydrogen-bond donors (Lipinski definition) is 1. The molecule has 2 aromatic carbocycles. The maximum absolute atomic E-state index is 12.9. The largest absolute Gasteiger partial charge is 0.494 e. The van der Waals surface area contributed by atoms with Crippen molar-refractivity contribution in [2.24, 2.45) is 5.92 Å². The molecule has 1 N–H and O–H groups in total. The summed E-state index contributed by atoms with van der Waals surface area (Å²) in [6, 6.07) is 9.25. The third kappa shape index (κ3) is 6.81. The van der Waals surface area contributed by atoms with Crippen molar-refractivity contribution >= 4 is 23.5 Å². The molecular weight excluding hydrogens is 414 g/mol. The predicted molar refractivity (Wildman–Crippen MR) is 119 cm³/mol. The SMILES string of the molecule is CCOc1ccc(C(=O)Nc2cc(C(=O)OC)cc(C(=O)OC)c2)cc1COCC(C)C. The number of anilines is 1. The van der Waals surface area contributed by atoms with Crippen LogP contribution < -0.4 is 10.1 Å². The van der Waals surface area contributed by atoms with Gasteiger partial charge in [0, 0.05) is 23.4 Å². The standard InChI is InChI=1S/C24H29NO7/c1-6-32-21-8-7-16(9-19(21)14-31-13-15(2)3)22(26)25-20-11-17(23(27)29-4)10-18(12-20)24(28)30-5/h7-12,15H,6,13-14H2,1-5H3,(H,25,26). The summed E-state index contributed by atoms with van der Waals surface area (Å²) in [6.45, 7) is 7.36. The molecule has 0 saturated heterocycles. The number of carbonyl (C=O) groups is 3. The van der Waals surface area contributed by atoms with Crippen molar-refractivity contribution in [3.05, 3.63) is 58.7 Å². The molecule has 0 aromatic heterocycles. The number of esters is 2. The first-order chi connectivity index (χ1) is 15.3. The molecule has 8 nitrogen and oxygen atoms in total. The van der Waals surface area contributed by atoms with E-state index in [1.165, 1.54) is 32.4 Å². The summed E-state index contributed by atoms with van der Waals surface area (Å²) in [4.78, 5) is 36.8. The number of amides is 1. The molecule has 0 atom stereocenters. The van der Waals surface area contributed by atoms with Crippen LogP contribution in [0.15, 0.2) is 36.4 Å². The Morgan fingerprint density at radius 2 is 1.53 bits per heavy atom. The van der Waals surface area contributed by atoms with Gasteiger partial charge < -0.3 is 24.3 Å². The summed E-state index contributed by atoms with van der Waals surface area (Å²) < 4.78 is 20.8. The van der Waals surface area contributed by atoms with Gasteiger partial charge in [0.15, 0.2) is 0 Å². The van der Waals surface area contributed by atoms with Gasteiger partial charge in [0.25, 0.3) is 5.91 Å². The lowest BCUT2D eigenvalue weighted by molar-refractivity contribution is 0.0598. The average Bonchev–Trinajstić information content (AvgIpc) is 2.78. The minimum absolute atomic E-state index is 0.111. The fourth-order valence-electron chi connectivity index (χ4n) is 2.91. The van der Waals surface area contributed by atoms with Crippen LogP contribution in [0.1, 0.15) is 57.4 Å². The van der Waals surface area contributed by atoms with Gasteiger partial charge in [-0.25, -0.2) is 9.59 Å². The summed E-state index contributed by atoms with van der Waals surface area (Å²) >= 11 is 0. The number of ether oxygens (including phenoxy) is 4. The minimum atomic E-state index is -0.642. The van der Waals surface area contributed by atoms with Crippen LogP contribution in [0.25, 0.3) is 0 Å². The van der Waals surface area contributed by atoms with Crippen LogP contribution >= 0.6 is 0 Å². The molecule has 0 unspecified atom stereocenters. The lowest BCUT2D eigenvalue weighted by Gasteiger charge is -2.14. The molecule has 0 spiro atoms. The summed E-state index contributed by atoms with van der Waals surface area (Å²) in [5.41, 5.74) is 1.60. The Balaban J connectivity index is 2.30. The molecule has 0 aliphatic heterocycles. The second-order valence-corrected chi connectivity index (χ2v) is 7.40. The van der Waals surface area contributed by atoms with Crippen molar-refractivity contribution in [3.8, 4) is 5.75 Å². The maximum Gasteiger partial charge on any atom is 0.337 e. The topological polar surface area (TPSA) is 100 Å². The molecule has 0 radical (unpaired) electrons. The first kappa shape index (κ1) is 24.9. The van der Waals surface area contributed by atoms with Gasteiger partial charge in [0.2, 0.25) is 0 Å². The van der Waals surface area contributed by atoms with Gasteiger partial charge in [-0.1, -0.05) is 13.8 Å². The van der Waals surface area contributed by atoms with Crippen LogP contribution in [0, 0.1) is 5.92 Å². The van der Waals surface area contributed by atoms with Crippen LogP contribution in [0.5, 0.6) is 5.75 Å². The molecule has 2 rings (SSSR count). The first-order valence-electron chi connectivity index (χ1n) is 10.3. The van der Waals surface area contributed by atoms with Crippen molar-refractivity contribution in [1.82, 2.24) is 0 Å². The molecule has 0 fully saturated rings. The zero-order chi connectivity index (χ0) is 23.7. The first-order valence-corrected chi connectivity index (χ1v) is 10.3. The molecule has 0 bridgehead atoms. The second-order valence-electron chi connectivity index (χ2n) is 7.40. The molecule has 0 saturated carbocycles. The summed E-state index contributed by atoms with van der Waals surface area (Å²) in [7, 11) is 2.46. The highest BCUT2D eigenvalue weighted by molar-refractivity contribution is 6.06. The highest BCUT2D eigenvalue weighted by atomic mass is 16.5. The van der Waals surface area contributed by atoms with Crippen LogP contribution in [-0.4, -0.2) is 45.3 Å². The summed E-state index contributed by atoms with van der Waals surface area (Å²) in [5.74, 6) is -0.679. The molecule has 2 aromatic rings. The monoisotopic (exact) mass is 443 g/mol. The van der Waals surface area contributed by atoms with E-state index in [-0.39, 0.29) is 16.8 Å². The third-order valence-corrected chi connectivity index (χ3v) is 4.36. The van der Waals surface area contributed by atoms with Crippen molar-refractivity contribution < 1.29 is 33.3 Å². The van der Waals surface area contributed by atoms with Crippen LogP contribution in [0.3, 0.4) is 0 Å². The van der Waals surface area contributed by atoms with Gasteiger partial charge >= 0.3 is 11.9 Å². The molecule has 1 amide bonds. The summed E-state index contributed by atoms with van der Waals surface area (Å²) in [5, 5.41) is 2.71. The molecule has 8 heteroatoms. The van der Waals surface area contributed by atoms with E-state index in [1.54, 1.807) is 18.2 Å². The highest BCUT2D eigenvalue weighted by Gasteiger charge is 2.16. The van der Waals surface area contributed by atoms with E-state index in [0.717, 1.165) is 5.56 Å². The van der Waals surface area contributed by atoms with E-state index in [0.29, 0.717) is 37.1 Å². The van der Waals surface area contributed by atoms with E-state index in [1.807, 2.05) is 6.92 Å². The molecule has 0 heterocycles. The number of carbonyl (C=O) groups excluding carboxylic acids is 3. The van der Waals surface area contributed by atoms with Crippen LogP contribution in [-0.2, 0) is 20.8 Å². The third-order valence-electron chi connectivity index (χ3n) is 4.36. The van der Waals surface area contributed by atoms with E-state index in [2.05, 4.69) is 19.2 Å². The van der Waals surface area contributed by atoms with E-state index in [9.17, 15) is 14.4 Å². The summed E-state index contributed by atoms with van der Waals surface area (Å²) in [6.07, 6.45) is 0. The van der Waals surface area contributed by atoms with Crippen molar-refractivity contribution in [3.63, 3.8) is 0 Å². The number of methoxy groups -OCH3 is 2. The van der Waals surface area contributed by atoms with E-state index >= 15 is 0 Å². The highest BCUT2D eigenvalue weighted by Crippen LogP contribution is 2.23.